The molecule has 1 amide bonds. The molecule has 2 heterocycles. The van der Waals surface area contributed by atoms with Crippen molar-refractivity contribution in [3.63, 3.8) is 0 Å². The zero-order valence-electron chi connectivity index (χ0n) is 10.7. The van der Waals surface area contributed by atoms with Crippen molar-refractivity contribution < 1.29 is 4.79 Å². The van der Waals surface area contributed by atoms with Gasteiger partial charge in [0.25, 0.3) is 5.91 Å². The molecule has 1 aromatic heterocycles. The fourth-order valence-corrected chi connectivity index (χ4v) is 3.25. The van der Waals surface area contributed by atoms with Crippen molar-refractivity contribution in [2.24, 2.45) is 0 Å². The van der Waals surface area contributed by atoms with Crippen molar-refractivity contribution in [2.45, 2.75) is 12.3 Å². The van der Waals surface area contributed by atoms with Gasteiger partial charge in [-0.3, -0.25) is 4.79 Å². The van der Waals surface area contributed by atoms with Crippen LogP contribution in [0.4, 0.5) is 0 Å². The van der Waals surface area contributed by atoms with E-state index in [1.807, 2.05) is 53.2 Å². The molecule has 1 atom stereocenters. The zero-order valence-corrected chi connectivity index (χ0v) is 11.5. The Bertz CT molecular complexity index is 582. The van der Waals surface area contributed by atoms with Crippen LogP contribution in [0.2, 0.25) is 0 Å². The molecule has 4 nitrogen and oxygen atoms in total. The first-order chi connectivity index (χ1) is 9.25. The number of aromatic nitrogens is 2. The van der Waals surface area contributed by atoms with Gasteiger partial charge in [-0.05, 0) is 31.2 Å². The van der Waals surface area contributed by atoms with Gasteiger partial charge in [-0.25, -0.2) is 4.68 Å². The van der Waals surface area contributed by atoms with E-state index >= 15 is 0 Å². The number of hydrogen-bond donors (Lipinski definition) is 0. The van der Waals surface area contributed by atoms with Crippen molar-refractivity contribution in [1.29, 1.82) is 0 Å². The number of carbonyl (C=O) groups is 1. The number of thioether (sulfide) groups is 1. The van der Waals surface area contributed by atoms with E-state index in [4.69, 9.17) is 0 Å². The normalized spacial score (nSPS) is 18.8. The lowest BCUT2D eigenvalue weighted by Gasteiger charge is -2.20. The smallest absolute Gasteiger partial charge is 0.254 e. The van der Waals surface area contributed by atoms with E-state index in [1.165, 1.54) is 0 Å². The van der Waals surface area contributed by atoms with Crippen LogP contribution in [0.1, 0.15) is 17.3 Å². The summed E-state index contributed by atoms with van der Waals surface area (Å²) < 4.78 is 1.76. The third-order valence-electron chi connectivity index (χ3n) is 3.25. The predicted molar refractivity (Wildman–Crippen MR) is 76.5 cm³/mol. The molecule has 3 rings (SSSR count). The lowest BCUT2D eigenvalue weighted by Crippen LogP contribution is -2.33. The van der Waals surface area contributed by atoms with Crippen LogP contribution in [0.3, 0.4) is 0 Å². The highest BCUT2D eigenvalue weighted by atomic mass is 32.2. The molecule has 1 fully saturated rings. The van der Waals surface area contributed by atoms with Crippen molar-refractivity contribution in [1.82, 2.24) is 14.7 Å². The van der Waals surface area contributed by atoms with E-state index in [2.05, 4.69) is 12.0 Å². The molecule has 0 N–H and O–H groups in total. The highest BCUT2D eigenvalue weighted by molar-refractivity contribution is 8.00. The Hall–Kier alpha value is -1.75. The van der Waals surface area contributed by atoms with Crippen molar-refractivity contribution in [2.75, 3.05) is 12.3 Å². The molecule has 5 heteroatoms. The largest absolute Gasteiger partial charge is 0.326 e. The topological polar surface area (TPSA) is 38.1 Å². The van der Waals surface area contributed by atoms with E-state index in [9.17, 15) is 4.79 Å². The van der Waals surface area contributed by atoms with Crippen LogP contribution in [0.15, 0.2) is 42.7 Å². The Morgan fingerprint density at radius 2 is 2.32 bits per heavy atom. The van der Waals surface area contributed by atoms with Crippen LogP contribution in [-0.2, 0) is 0 Å². The first-order valence-corrected chi connectivity index (χ1v) is 7.33. The van der Waals surface area contributed by atoms with Crippen molar-refractivity contribution in [3.8, 4) is 5.69 Å². The number of amides is 1. The maximum absolute atomic E-state index is 12.5. The Morgan fingerprint density at radius 3 is 3.00 bits per heavy atom. The van der Waals surface area contributed by atoms with Gasteiger partial charge in [-0.15, -0.1) is 11.8 Å². The lowest BCUT2D eigenvalue weighted by atomic mass is 10.1. The van der Waals surface area contributed by atoms with E-state index in [0.717, 1.165) is 23.5 Å². The molecule has 19 heavy (non-hydrogen) atoms. The van der Waals surface area contributed by atoms with Gasteiger partial charge in [0.15, 0.2) is 0 Å². The maximum atomic E-state index is 12.5. The molecule has 0 spiro atoms. The van der Waals surface area contributed by atoms with Crippen LogP contribution < -0.4 is 0 Å². The van der Waals surface area contributed by atoms with Crippen LogP contribution >= 0.6 is 11.8 Å². The van der Waals surface area contributed by atoms with Crippen LogP contribution in [0, 0.1) is 0 Å². The van der Waals surface area contributed by atoms with Gasteiger partial charge in [0.05, 0.1) is 11.1 Å². The molecule has 1 saturated heterocycles. The summed E-state index contributed by atoms with van der Waals surface area (Å²) in [6, 6.07) is 9.48. The Labute approximate surface area is 116 Å². The number of rotatable bonds is 2. The first kappa shape index (κ1) is 12.3. The van der Waals surface area contributed by atoms with Gasteiger partial charge in [0.1, 0.15) is 0 Å². The fraction of sp³-hybridized carbons (Fsp3) is 0.286. The lowest BCUT2D eigenvalue weighted by molar-refractivity contribution is 0.0768. The summed E-state index contributed by atoms with van der Waals surface area (Å²) in [6.07, 6.45) is 3.60. The van der Waals surface area contributed by atoms with Crippen LogP contribution in [-0.4, -0.2) is 38.3 Å². The van der Waals surface area contributed by atoms with Gasteiger partial charge in [0.2, 0.25) is 0 Å². The second-order valence-corrected chi connectivity index (χ2v) is 5.89. The molecule has 0 saturated carbocycles. The minimum atomic E-state index is 0.103. The zero-order chi connectivity index (χ0) is 13.2. The second-order valence-electron chi connectivity index (χ2n) is 4.47. The summed E-state index contributed by atoms with van der Waals surface area (Å²) in [4.78, 5) is 14.4. The maximum Gasteiger partial charge on any atom is 0.254 e. The highest BCUT2D eigenvalue weighted by Gasteiger charge is 2.26. The van der Waals surface area contributed by atoms with Gasteiger partial charge < -0.3 is 4.90 Å². The molecule has 2 aromatic rings. The standard InChI is InChI=1S/C14H15N3OS/c1-11-16(8-9-19-11)14(18)12-4-2-5-13(10-12)17-7-3-6-15-17/h2-7,10-11H,8-9H2,1H3. The monoisotopic (exact) mass is 273 g/mol. The van der Waals surface area contributed by atoms with E-state index in [-0.39, 0.29) is 11.3 Å². The molecule has 98 valence electrons. The fourth-order valence-electron chi connectivity index (χ4n) is 2.23. The minimum absolute atomic E-state index is 0.103. The van der Waals surface area contributed by atoms with Gasteiger partial charge in [0, 0.05) is 30.3 Å². The molecule has 0 bridgehead atoms. The quantitative estimate of drug-likeness (QED) is 0.843. The van der Waals surface area contributed by atoms with Gasteiger partial charge >= 0.3 is 0 Å². The van der Waals surface area contributed by atoms with E-state index in [0.29, 0.717) is 0 Å². The van der Waals surface area contributed by atoms with Gasteiger partial charge in [-0.2, -0.15) is 5.10 Å². The summed E-state index contributed by atoms with van der Waals surface area (Å²) in [5.74, 6) is 1.12. The molecule has 1 aliphatic rings. The number of benzene rings is 1. The Morgan fingerprint density at radius 1 is 1.42 bits per heavy atom. The number of hydrogen-bond acceptors (Lipinski definition) is 3. The summed E-state index contributed by atoms with van der Waals surface area (Å²) in [5.41, 5.74) is 1.64. The Kier molecular flexibility index (Phi) is 3.29. The SMILES string of the molecule is CC1SCCN1C(=O)c1cccc(-n2cccn2)c1. The second kappa shape index (κ2) is 5.09. The number of carbonyl (C=O) groups excluding carboxylic acids is 1. The summed E-state index contributed by atoms with van der Waals surface area (Å²) >= 11 is 1.82. The molecule has 1 aromatic carbocycles. The van der Waals surface area contributed by atoms with E-state index in [1.54, 1.807) is 10.9 Å². The molecule has 0 radical (unpaired) electrons. The third kappa shape index (κ3) is 2.38. The third-order valence-corrected chi connectivity index (χ3v) is 4.41. The van der Waals surface area contributed by atoms with Crippen LogP contribution in [0.25, 0.3) is 5.69 Å². The van der Waals surface area contributed by atoms with Crippen molar-refractivity contribution in [3.05, 3.63) is 48.3 Å². The highest BCUT2D eigenvalue weighted by Crippen LogP contribution is 2.25. The summed E-state index contributed by atoms with van der Waals surface area (Å²) in [5, 5.41) is 4.45. The average Bonchev–Trinajstić information content (AvgIpc) is 3.09. The summed E-state index contributed by atoms with van der Waals surface area (Å²) in [7, 11) is 0. The predicted octanol–water partition coefficient (Wildman–Crippen LogP) is 2.41. The van der Waals surface area contributed by atoms with Crippen molar-refractivity contribution >= 4 is 17.7 Å². The molecule has 1 unspecified atom stereocenters. The van der Waals surface area contributed by atoms with E-state index < -0.39 is 0 Å². The molecule has 0 aliphatic carbocycles. The van der Waals surface area contributed by atoms with Gasteiger partial charge in [-0.1, -0.05) is 6.07 Å². The average molecular weight is 273 g/mol. The Balaban J connectivity index is 1.89. The molecular weight excluding hydrogens is 258 g/mol. The molecule has 1 aliphatic heterocycles. The minimum Gasteiger partial charge on any atom is -0.326 e. The number of nitrogens with zero attached hydrogens (tertiary/aromatic N) is 3. The summed E-state index contributed by atoms with van der Waals surface area (Å²) in [6.45, 7) is 2.91. The first-order valence-electron chi connectivity index (χ1n) is 6.28. The molecular formula is C14H15N3OS. The van der Waals surface area contributed by atoms with Crippen LogP contribution in [0.5, 0.6) is 0 Å².